The number of hydrogen-bond acceptors (Lipinski definition) is 2. The third-order valence-electron chi connectivity index (χ3n) is 2.35. The standard InChI is InChI=1S/C8H10F2N2O/c9-8(10,4-13)7-5-2-1-3-6(5)11-12-7/h13H,1-4H2,(H,11,12). The molecule has 0 radical (unpaired) electrons. The van der Waals surface area contributed by atoms with Crippen molar-refractivity contribution in [2.75, 3.05) is 6.61 Å². The van der Waals surface area contributed by atoms with Crippen LogP contribution >= 0.6 is 0 Å². The van der Waals surface area contributed by atoms with E-state index in [1.165, 1.54) is 0 Å². The molecule has 2 N–H and O–H groups in total. The lowest BCUT2D eigenvalue weighted by Crippen LogP contribution is -2.20. The number of nitrogens with one attached hydrogen (secondary N) is 1. The smallest absolute Gasteiger partial charge is 0.314 e. The van der Waals surface area contributed by atoms with Crippen molar-refractivity contribution in [2.45, 2.75) is 25.2 Å². The van der Waals surface area contributed by atoms with Gasteiger partial charge in [0.25, 0.3) is 0 Å². The van der Waals surface area contributed by atoms with Crippen molar-refractivity contribution in [1.29, 1.82) is 0 Å². The molecule has 0 saturated heterocycles. The summed E-state index contributed by atoms with van der Waals surface area (Å²) in [6.07, 6.45) is 2.30. The fraction of sp³-hybridized carbons (Fsp3) is 0.625. The quantitative estimate of drug-likeness (QED) is 0.726. The molecule has 1 aromatic heterocycles. The van der Waals surface area contributed by atoms with Crippen LogP contribution in [0, 0.1) is 0 Å². The van der Waals surface area contributed by atoms with Crippen molar-refractivity contribution in [3.8, 4) is 0 Å². The summed E-state index contributed by atoms with van der Waals surface area (Å²) in [6, 6.07) is 0. The molecule has 3 nitrogen and oxygen atoms in total. The SMILES string of the molecule is OCC(F)(F)c1n[nH]c2c1CCC2. The first-order chi connectivity index (χ1) is 6.15. The van der Waals surface area contributed by atoms with E-state index in [9.17, 15) is 8.78 Å². The first-order valence-corrected chi connectivity index (χ1v) is 4.20. The van der Waals surface area contributed by atoms with Crippen LogP contribution in [0.15, 0.2) is 0 Å². The van der Waals surface area contributed by atoms with Gasteiger partial charge in [-0.15, -0.1) is 0 Å². The molecular weight excluding hydrogens is 178 g/mol. The Kier molecular flexibility index (Phi) is 1.83. The van der Waals surface area contributed by atoms with E-state index in [4.69, 9.17) is 5.11 Å². The number of aromatic nitrogens is 2. The Morgan fingerprint density at radius 3 is 2.92 bits per heavy atom. The maximum Gasteiger partial charge on any atom is 0.314 e. The van der Waals surface area contributed by atoms with Crippen LogP contribution < -0.4 is 0 Å². The normalized spacial score (nSPS) is 16.2. The minimum atomic E-state index is -3.20. The number of aliphatic hydroxyl groups excluding tert-OH is 1. The summed E-state index contributed by atoms with van der Waals surface area (Å²) in [7, 11) is 0. The van der Waals surface area contributed by atoms with Crippen LogP contribution in [0.1, 0.15) is 23.4 Å². The van der Waals surface area contributed by atoms with Gasteiger partial charge in [0.1, 0.15) is 12.3 Å². The molecule has 0 aliphatic heterocycles. The van der Waals surface area contributed by atoms with Crippen molar-refractivity contribution in [3.63, 3.8) is 0 Å². The van der Waals surface area contributed by atoms with E-state index in [0.717, 1.165) is 18.5 Å². The maximum absolute atomic E-state index is 13.0. The Morgan fingerprint density at radius 1 is 1.46 bits per heavy atom. The number of rotatable bonds is 2. The highest BCUT2D eigenvalue weighted by Crippen LogP contribution is 2.33. The van der Waals surface area contributed by atoms with E-state index < -0.39 is 12.5 Å². The van der Waals surface area contributed by atoms with Gasteiger partial charge in [-0.1, -0.05) is 0 Å². The molecule has 1 aliphatic carbocycles. The Labute approximate surface area is 73.8 Å². The molecule has 0 spiro atoms. The molecule has 0 fully saturated rings. The lowest BCUT2D eigenvalue weighted by atomic mass is 10.1. The van der Waals surface area contributed by atoms with Gasteiger partial charge in [0.2, 0.25) is 0 Å². The molecule has 0 atom stereocenters. The van der Waals surface area contributed by atoms with E-state index in [-0.39, 0.29) is 5.69 Å². The second-order valence-electron chi connectivity index (χ2n) is 3.25. The predicted molar refractivity (Wildman–Crippen MR) is 41.6 cm³/mol. The number of halogens is 2. The second kappa shape index (κ2) is 2.77. The number of nitrogens with zero attached hydrogens (tertiary/aromatic N) is 1. The summed E-state index contributed by atoms with van der Waals surface area (Å²) in [4.78, 5) is 0. The fourth-order valence-corrected chi connectivity index (χ4v) is 1.70. The largest absolute Gasteiger partial charge is 0.390 e. The van der Waals surface area contributed by atoms with E-state index in [0.29, 0.717) is 12.0 Å². The molecule has 0 unspecified atom stereocenters. The Balaban J connectivity index is 2.41. The Bertz CT molecular complexity index is 322. The number of alkyl halides is 2. The summed E-state index contributed by atoms with van der Waals surface area (Å²) in [5.41, 5.74) is 1.12. The fourth-order valence-electron chi connectivity index (χ4n) is 1.70. The average molecular weight is 188 g/mol. The zero-order valence-corrected chi connectivity index (χ0v) is 6.98. The number of hydrogen-bond donors (Lipinski definition) is 2. The average Bonchev–Trinajstić information content (AvgIpc) is 2.62. The van der Waals surface area contributed by atoms with Crippen LogP contribution in [0.4, 0.5) is 8.78 Å². The number of H-pyrrole nitrogens is 1. The van der Waals surface area contributed by atoms with E-state index >= 15 is 0 Å². The van der Waals surface area contributed by atoms with Crippen LogP contribution in [0.2, 0.25) is 0 Å². The Morgan fingerprint density at radius 2 is 2.23 bits per heavy atom. The lowest BCUT2D eigenvalue weighted by molar-refractivity contribution is -0.0598. The van der Waals surface area contributed by atoms with Gasteiger partial charge in [0, 0.05) is 11.3 Å². The molecule has 1 aliphatic rings. The maximum atomic E-state index is 13.0. The number of aliphatic hydroxyl groups is 1. The molecule has 1 aromatic rings. The van der Waals surface area contributed by atoms with Crippen molar-refractivity contribution < 1.29 is 13.9 Å². The zero-order chi connectivity index (χ0) is 9.47. The van der Waals surface area contributed by atoms with Gasteiger partial charge in [0.05, 0.1) is 0 Å². The van der Waals surface area contributed by atoms with Crippen molar-refractivity contribution in [3.05, 3.63) is 17.0 Å². The summed E-state index contributed by atoms with van der Waals surface area (Å²) >= 11 is 0. The second-order valence-corrected chi connectivity index (χ2v) is 3.25. The molecule has 2 rings (SSSR count). The van der Waals surface area contributed by atoms with Gasteiger partial charge >= 0.3 is 5.92 Å². The third kappa shape index (κ3) is 1.23. The van der Waals surface area contributed by atoms with Crippen LogP contribution in [0.25, 0.3) is 0 Å². The topological polar surface area (TPSA) is 48.9 Å². The molecule has 5 heteroatoms. The summed E-state index contributed by atoms with van der Waals surface area (Å²) in [5.74, 6) is -3.20. The van der Waals surface area contributed by atoms with Gasteiger partial charge in [-0.05, 0) is 19.3 Å². The molecular formula is C8H10F2N2O. The first kappa shape index (κ1) is 8.62. The van der Waals surface area contributed by atoms with Crippen LogP contribution in [-0.2, 0) is 18.8 Å². The van der Waals surface area contributed by atoms with Crippen molar-refractivity contribution in [1.82, 2.24) is 10.2 Å². The van der Waals surface area contributed by atoms with Gasteiger partial charge in [-0.2, -0.15) is 13.9 Å². The highest BCUT2D eigenvalue weighted by Gasteiger charge is 2.38. The summed E-state index contributed by atoms with van der Waals surface area (Å²) in [5, 5.41) is 14.6. The van der Waals surface area contributed by atoms with Crippen LogP contribution in [-0.4, -0.2) is 21.9 Å². The molecule has 0 saturated carbocycles. The van der Waals surface area contributed by atoms with Crippen molar-refractivity contribution in [2.24, 2.45) is 0 Å². The molecule has 1 heterocycles. The third-order valence-corrected chi connectivity index (χ3v) is 2.35. The van der Waals surface area contributed by atoms with Crippen molar-refractivity contribution >= 4 is 0 Å². The van der Waals surface area contributed by atoms with Crippen LogP contribution in [0.3, 0.4) is 0 Å². The van der Waals surface area contributed by atoms with Gasteiger partial charge in [-0.3, -0.25) is 5.10 Å². The number of fused-ring (bicyclic) bond motifs is 1. The molecule has 0 aromatic carbocycles. The zero-order valence-electron chi connectivity index (χ0n) is 6.98. The highest BCUT2D eigenvalue weighted by atomic mass is 19.3. The van der Waals surface area contributed by atoms with Crippen LogP contribution in [0.5, 0.6) is 0 Å². The van der Waals surface area contributed by atoms with Gasteiger partial charge in [-0.25, -0.2) is 0 Å². The molecule has 72 valence electrons. The van der Waals surface area contributed by atoms with E-state index in [2.05, 4.69) is 10.2 Å². The molecule has 0 bridgehead atoms. The monoisotopic (exact) mass is 188 g/mol. The summed E-state index contributed by atoms with van der Waals surface area (Å²) in [6.45, 7) is -1.18. The minimum absolute atomic E-state index is 0.275. The first-order valence-electron chi connectivity index (χ1n) is 4.20. The predicted octanol–water partition coefficient (Wildman–Crippen LogP) is 0.982. The van der Waals surface area contributed by atoms with Gasteiger partial charge < -0.3 is 5.11 Å². The van der Waals surface area contributed by atoms with E-state index in [1.807, 2.05) is 0 Å². The molecule has 13 heavy (non-hydrogen) atoms. The number of aryl methyl sites for hydroxylation is 1. The highest BCUT2D eigenvalue weighted by molar-refractivity contribution is 5.32. The van der Waals surface area contributed by atoms with Gasteiger partial charge in [0.15, 0.2) is 0 Å². The number of aromatic amines is 1. The molecule has 0 amide bonds. The summed E-state index contributed by atoms with van der Waals surface area (Å²) < 4.78 is 26.1. The minimum Gasteiger partial charge on any atom is -0.390 e. The Hall–Kier alpha value is -0.970. The van der Waals surface area contributed by atoms with E-state index in [1.54, 1.807) is 0 Å². The lowest BCUT2D eigenvalue weighted by Gasteiger charge is -2.10.